The van der Waals surface area contributed by atoms with Gasteiger partial charge in [0.1, 0.15) is 0 Å². The molecular formula is C10H10ClNO2S. The fourth-order valence-electron chi connectivity index (χ4n) is 0.921. The molecule has 0 aromatic heterocycles. The third-order valence-corrected chi connectivity index (χ3v) is 3.00. The van der Waals surface area contributed by atoms with Gasteiger partial charge in [-0.15, -0.1) is 11.8 Å². The molecular weight excluding hydrogens is 234 g/mol. The predicted molar refractivity (Wildman–Crippen MR) is 63.4 cm³/mol. The number of carbonyl (C=O) groups is 1. The van der Waals surface area contributed by atoms with Crippen molar-refractivity contribution in [3.8, 4) is 0 Å². The van der Waals surface area contributed by atoms with E-state index < -0.39 is 5.97 Å². The van der Waals surface area contributed by atoms with E-state index in [9.17, 15) is 4.79 Å². The van der Waals surface area contributed by atoms with Crippen molar-refractivity contribution < 1.29 is 9.90 Å². The summed E-state index contributed by atoms with van der Waals surface area (Å²) >= 11 is 7.39. The zero-order valence-corrected chi connectivity index (χ0v) is 9.39. The molecule has 0 aliphatic carbocycles. The zero-order valence-electron chi connectivity index (χ0n) is 7.81. The summed E-state index contributed by atoms with van der Waals surface area (Å²) in [5.74, 6) is -0.380. The molecule has 0 saturated carbocycles. The van der Waals surface area contributed by atoms with Gasteiger partial charge >= 0.3 is 5.97 Å². The molecule has 0 aliphatic rings. The molecule has 0 heterocycles. The molecule has 0 fully saturated rings. The molecule has 0 atom stereocenters. The van der Waals surface area contributed by atoms with Crippen LogP contribution in [0.5, 0.6) is 0 Å². The summed E-state index contributed by atoms with van der Waals surface area (Å²) in [7, 11) is 0. The van der Waals surface area contributed by atoms with Gasteiger partial charge in [0.25, 0.3) is 0 Å². The molecule has 0 saturated heterocycles. The number of benzene rings is 1. The highest BCUT2D eigenvalue weighted by atomic mass is 35.5. The molecule has 0 spiro atoms. The molecule has 3 N–H and O–H groups in total. The Hall–Kier alpha value is -1.13. The monoisotopic (exact) mass is 243 g/mol. The molecule has 1 aromatic carbocycles. The van der Waals surface area contributed by atoms with Gasteiger partial charge in [0.2, 0.25) is 0 Å². The van der Waals surface area contributed by atoms with Crippen molar-refractivity contribution >= 4 is 35.0 Å². The van der Waals surface area contributed by atoms with Gasteiger partial charge in [0.05, 0.1) is 5.02 Å². The Kier molecular flexibility index (Phi) is 4.52. The van der Waals surface area contributed by atoms with Crippen LogP contribution in [0.2, 0.25) is 5.02 Å². The van der Waals surface area contributed by atoms with Crippen LogP contribution in [0, 0.1) is 0 Å². The minimum atomic E-state index is -0.945. The SMILES string of the molecule is Nc1ccc(SCC=CC(=O)O)c(Cl)c1. The summed E-state index contributed by atoms with van der Waals surface area (Å²) < 4.78 is 0. The summed E-state index contributed by atoms with van der Waals surface area (Å²) in [4.78, 5) is 11.1. The second kappa shape index (κ2) is 5.68. The molecule has 5 heteroatoms. The number of hydrogen-bond acceptors (Lipinski definition) is 3. The number of aliphatic carboxylic acids is 1. The summed E-state index contributed by atoms with van der Waals surface area (Å²) in [6, 6.07) is 5.25. The van der Waals surface area contributed by atoms with Gasteiger partial charge in [-0.2, -0.15) is 0 Å². The third-order valence-electron chi connectivity index (χ3n) is 1.55. The van der Waals surface area contributed by atoms with Crippen LogP contribution in [0.25, 0.3) is 0 Å². The molecule has 3 nitrogen and oxygen atoms in total. The van der Waals surface area contributed by atoms with Crippen molar-refractivity contribution in [3.05, 3.63) is 35.4 Å². The van der Waals surface area contributed by atoms with Crippen LogP contribution in [0.1, 0.15) is 0 Å². The normalized spacial score (nSPS) is 10.7. The molecule has 1 rings (SSSR count). The van der Waals surface area contributed by atoms with Gasteiger partial charge in [-0.1, -0.05) is 17.7 Å². The highest BCUT2D eigenvalue weighted by Gasteiger charge is 1.99. The van der Waals surface area contributed by atoms with Gasteiger partial charge in [-0.3, -0.25) is 0 Å². The van der Waals surface area contributed by atoms with Gasteiger partial charge in [-0.05, 0) is 18.2 Å². The predicted octanol–water partition coefficient (Wildman–Crippen LogP) is 2.66. The summed E-state index contributed by atoms with van der Waals surface area (Å²) in [5, 5.41) is 8.95. The Balaban J connectivity index is 2.54. The number of anilines is 1. The van der Waals surface area contributed by atoms with Gasteiger partial charge in [-0.25, -0.2) is 4.79 Å². The van der Waals surface area contributed by atoms with Crippen LogP contribution in [0.15, 0.2) is 35.2 Å². The molecule has 0 bridgehead atoms. The zero-order chi connectivity index (χ0) is 11.3. The standard InChI is InChI=1S/C10H10ClNO2S/c11-8-6-7(12)3-4-9(8)15-5-1-2-10(13)14/h1-4,6H,5,12H2,(H,13,14). The average Bonchev–Trinajstić information content (AvgIpc) is 2.14. The molecule has 80 valence electrons. The Morgan fingerprint density at radius 1 is 1.60 bits per heavy atom. The molecule has 15 heavy (non-hydrogen) atoms. The van der Waals surface area contributed by atoms with Gasteiger partial charge in [0, 0.05) is 22.4 Å². The lowest BCUT2D eigenvalue weighted by Crippen LogP contribution is -1.87. The summed E-state index contributed by atoms with van der Waals surface area (Å²) in [5.41, 5.74) is 6.15. The first-order chi connectivity index (χ1) is 7.09. The van der Waals surface area contributed by atoms with E-state index >= 15 is 0 Å². The van der Waals surface area contributed by atoms with E-state index in [-0.39, 0.29) is 0 Å². The van der Waals surface area contributed by atoms with Crippen molar-refractivity contribution in [2.24, 2.45) is 0 Å². The first-order valence-corrected chi connectivity index (χ1v) is 5.53. The number of hydrogen-bond donors (Lipinski definition) is 2. The van der Waals surface area contributed by atoms with E-state index in [1.807, 2.05) is 6.07 Å². The van der Waals surface area contributed by atoms with Crippen LogP contribution < -0.4 is 5.73 Å². The van der Waals surface area contributed by atoms with Crippen molar-refractivity contribution in [2.45, 2.75) is 4.90 Å². The topological polar surface area (TPSA) is 63.3 Å². The van der Waals surface area contributed by atoms with E-state index in [1.165, 1.54) is 11.8 Å². The van der Waals surface area contributed by atoms with Crippen molar-refractivity contribution in [1.82, 2.24) is 0 Å². The average molecular weight is 244 g/mol. The molecule has 0 amide bonds. The van der Waals surface area contributed by atoms with E-state index in [0.717, 1.165) is 11.0 Å². The second-order valence-electron chi connectivity index (χ2n) is 2.74. The van der Waals surface area contributed by atoms with E-state index in [0.29, 0.717) is 16.5 Å². The highest BCUT2D eigenvalue weighted by Crippen LogP contribution is 2.28. The van der Waals surface area contributed by atoms with Crippen molar-refractivity contribution in [2.75, 3.05) is 11.5 Å². The largest absolute Gasteiger partial charge is 0.478 e. The lowest BCUT2D eigenvalue weighted by atomic mass is 10.3. The Morgan fingerprint density at radius 3 is 2.93 bits per heavy atom. The van der Waals surface area contributed by atoms with Crippen LogP contribution in [0.4, 0.5) is 5.69 Å². The number of carboxylic acid groups (broad SMARTS) is 1. The number of nitrogen functional groups attached to an aromatic ring is 1. The van der Waals surface area contributed by atoms with Crippen LogP contribution in [-0.2, 0) is 4.79 Å². The minimum Gasteiger partial charge on any atom is -0.478 e. The van der Waals surface area contributed by atoms with Gasteiger partial charge in [0.15, 0.2) is 0 Å². The fourth-order valence-corrected chi connectivity index (χ4v) is 2.01. The maximum absolute atomic E-state index is 10.2. The highest BCUT2D eigenvalue weighted by molar-refractivity contribution is 7.99. The maximum Gasteiger partial charge on any atom is 0.328 e. The van der Waals surface area contributed by atoms with E-state index in [2.05, 4.69) is 0 Å². The number of nitrogens with two attached hydrogens (primary N) is 1. The first-order valence-electron chi connectivity index (χ1n) is 4.17. The lowest BCUT2D eigenvalue weighted by Gasteiger charge is -2.02. The fraction of sp³-hybridized carbons (Fsp3) is 0.100. The lowest BCUT2D eigenvalue weighted by molar-refractivity contribution is -0.131. The van der Waals surface area contributed by atoms with Crippen LogP contribution in [-0.4, -0.2) is 16.8 Å². The summed E-state index contributed by atoms with van der Waals surface area (Å²) in [6.07, 6.45) is 2.68. The number of thioether (sulfide) groups is 1. The smallest absolute Gasteiger partial charge is 0.328 e. The molecule has 0 radical (unpaired) electrons. The quantitative estimate of drug-likeness (QED) is 0.485. The Bertz CT molecular complexity index is 393. The first kappa shape index (κ1) is 11.9. The van der Waals surface area contributed by atoms with Crippen LogP contribution in [0.3, 0.4) is 0 Å². The van der Waals surface area contributed by atoms with Crippen LogP contribution >= 0.6 is 23.4 Å². The maximum atomic E-state index is 10.2. The summed E-state index contributed by atoms with van der Waals surface area (Å²) in [6.45, 7) is 0. The molecule has 0 aliphatic heterocycles. The number of carboxylic acids is 1. The minimum absolute atomic E-state index is 0.565. The van der Waals surface area contributed by atoms with E-state index in [4.69, 9.17) is 22.4 Å². The Labute approximate surface area is 96.9 Å². The second-order valence-corrected chi connectivity index (χ2v) is 4.21. The number of rotatable bonds is 4. The van der Waals surface area contributed by atoms with Gasteiger partial charge < -0.3 is 10.8 Å². The molecule has 1 aromatic rings. The van der Waals surface area contributed by atoms with Crippen molar-refractivity contribution in [1.29, 1.82) is 0 Å². The Morgan fingerprint density at radius 2 is 2.33 bits per heavy atom. The third kappa shape index (κ3) is 4.27. The number of halogens is 1. The van der Waals surface area contributed by atoms with Crippen molar-refractivity contribution in [3.63, 3.8) is 0 Å². The van der Waals surface area contributed by atoms with E-state index in [1.54, 1.807) is 18.2 Å². The molecule has 0 unspecified atom stereocenters.